The topological polar surface area (TPSA) is 83.6 Å². The maximum atomic E-state index is 12.2. The number of aromatic nitrogens is 3. The molecule has 0 unspecified atom stereocenters. The number of carbonyl (C=O) groups excluding carboxylic acids is 1. The lowest BCUT2D eigenvalue weighted by atomic mass is 10.2. The summed E-state index contributed by atoms with van der Waals surface area (Å²) in [7, 11) is 0. The first-order chi connectivity index (χ1) is 10.1. The summed E-state index contributed by atoms with van der Waals surface area (Å²) in [4.78, 5) is 20.3. The average Bonchev–Trinajstić information content (AvgIpc) is 2.98. The van der Waals surface area contributed by atoms with Crippen molar-refractivity contribution in [3.63, 3.8) is 0 Å². The molecule has 2 aromatic heterocycles. The number of pyridine rings is 1. The largest absolute Gasteiger partial charge is 0.308 e. The van der Waals surface area contributed by atoms with Gasteiger partial charge in [-0.3, -0.25) is 4.79 Å². The van der Waals surface area contributed by atoms with E-state index in [1.807, 2.05) is 0 Å². The Bertz CT molecular complexity index is 783. The van der Waals surface area contributed by atoms with Crippen molar-refractivity contribution in [2.45, 2.75) is 11.7 Å². The highest BCUT2D eigenvalue weighted by molar-refractivity contribution is 7.99. The average molecular weight is 340 g/mol. The van der Waals surface area contributed by atoms with Gasteiger partial charge in [0.05, 0.1) is 5.56 Å². The van der Waals surface area contributed by atoms with E-state index in [9.17, 15) is 10.1 Å². The third kappa shape index (κ3) is 2.58. The fourth-order valence-electron chi connectivity index (χ4n) is 1.94. The van der Waals surface area contributed by atoms with Crippen LogP contribution in [0.1, 0.15) is 16.1 Å². The van der Waals surface area contributed by atoms with E-state index in [1.54, 1.807) is 4.57 Å². The lowest BCUT2D eigenvalue weighted by Gasteiger charge is -2.05. The van der Waals surface area contributed by atoms with Crippen LogP contribution >= 0.6 is 35.0 Å². The third-order valence-electron chi connectivity index (χ3n) is 2.88. The molecule has 0 saturated heterocycles. The first kappa shape index (κ1) is 14.2. The highest BCUT2D eigenvalue weighted by atomic mass is 35.5. The lowest BCUT2D eigenvalue weighted by molar-refractivity contribution is 0.102. The molecule has 6 nitrogen and oxygen atoms in total. The van der Waals surface area contributed by atoms with E-state index in [0.717, 1.165) is 10.9 Å². The van der Waals surface area contributed by atoms with Crippen molar-refractivity contribution in [2.24, 2.45) is 0 Å². The number of anilines is 1. The highest BCUT2D eigenvalue weighted by Gasteiger charge is 2.23. The van der Waals surface area contributed by atoms with Crippen LogP contribution < -0.4 is 5.32 Å². The van der Waals surface area contributed by atoms with E-state index < -0.39 is 5.91 Å². The van der Waals surface area contributed by atoms with Gasteiger partial charge in [0.15, 0.2) is 16.7 Å². The summed E-state index contributed by atoms with van der Waals surface area (Å²) in [6.45, 7) is 0.703. The van der Waals surface area contributed by atoms with Gasteiger partial charge in [-0.25, -0.2) is 9.97 Å². The van der Waals surface area contributed by atoms with Crippen molar-refractivity contribution in [3.05, 3.63) is 33.7 Å². The monoisotopic (exact) mass is 339 g/mol. The molecule has 21 heavy (non-hydrogen) atoms. The molecular formula is C12H7Cl2N5OS. The minimum atomic E-state index is -0.484. The van der Waals surface area contributed by atoms with Crippen LogP contribution in [0.2, 0.25) is 10.3 Å². The molecule has 3 heterocycles. The second kappa shape index (κ2) is 5.56. The standard InChI is InChI=1S/C12H7Cl2N5OS/c13-8-2-1-6(9(14)16-8)11(20)17-10-7(5-15)19-3-4-21-12(19)18-10/h1-2H,3-4H2,(H,17,20). The molecule has 1 aliphatic rings. The van der Waals surface area contributed by atoms with Crippen LogP contribution in [-0.4, -0.2) is 26.2 Å². The second-order valence-corrected chi connectivity index (χ2v) is 5.94. The quantitative estimate of drug-likeness (QED) is 0.850. The van der Waals surface area contributed by atoms with Crippen LogP contribution in [-0.2, 0) is 6.54 Å². The molecule has 0 spiro atoms. The Labute approximate surface area is 134 Å². The summed E-state index contributed by atoms with van der Waals surface area (Å²) in [5, 5.41) is 12.7. The number of nitriles is 1. The molecule has 1 aliphatic heterocycles. The number of thioether (sulfide) groups is 1. The zero-order valence-corrected chi connectivity index (χ0v) is 12.8. The molecule has 0 radical (unpaired) electrons. The van der Waals surface area contributed by atoms with Gasteiger partial charge in [-0.15, -0.1) is 0 Å². The molecule has 0 atom stereocenters. The number of nitrogens with zero attached hydrogens (tertiary/aromatic N) is 4. The van der Waals surface area contributed by atoms with E-state index >= 15 is 0 Å². The Kier molecular flexibility index (Phi) is 3.76. The molecule has 0 aromatic carbocycles. The predicted octanol–water partition coefficient (Wildman–Crippen LogP) is 2.81. The van der Waals surface area contributed by atoms with E-state index in [-0.39, 0.29) is 21.7 Å². The summed E-state index contributed by atoms with van der Waals surface area (Å²) in [5.41, 5.74) is 0.507. The van der Waals surface area contributed by atoms with Gasteiger partial charge in [0, 0.05) is 12.3 Å². The molecule has 0 saturated carbocycles. The van der Waals surface area contributed by atoms with Crippen LogP contribution in [0.3, 0.4) is 0 Å². The number of amides is 1. The fourth-order valence-corrected chi connectivity index (χ4v) is 3.32. The smallest absolute Gasteiger partial charge is 0.260 e. The van der Waals surface area contributed by atoms with Crippen LogP contribution in [0, 0.1) is 11.3 Å². The number of hydrogen-bond acceptors (Lipinski definition) is 5. The van der Waals surface area contributed by atoms with E-state index in [1.165, 1.54) is 23.9 Å². The van der Waals surface area contributed by atoms with Gasteiger partial charge in [-0.05, 0) is 12.1 Å². The minimum Gasteiger partial charge on any atom is -0.308 e. The summed E-state index contributed by atoms with van der Waals surface area (Å²) in [6.07, 6.45) is 0. The maximum absolute atomic E-state index is 12.2. The number of hydrogen-bond donors (Lipinski definition) is 1. The zero-order chi connectivity index (χ0) is 15.0. The molecule has 3 rings (SSSR count). The Hall–Kier alpha value is -1.75. The number of imidazole rings is 1. The van der Waals surface area contributed by atoms with Crippen molar-refractivity contribution in [1.29, 1.82) is 5.26 Å². The van der Waals surface area contributed by atoms with E-state index in [4.69, 9.17) is 23.2 Å². The van der Waals surface area contributed by atoms with Crippen LogP contribution in [0.15, 0.2) is 17.3 Å². The fraction of sp³-hybridized carbons (Fsp3) is 0.167. The minimum absolute atomic E-state index is 0.000340. The summed E-state index contributed by atoms with van der Waals surface area (Å²) in [5.74, 6) is 0.621. The summed E-state index contributed by atoms with van der Waals surface area (Å²) >= 11 is 13.1. The van der Waals surface area contributed by atoms with Gasteiger partial charge < -0.3 is 9.88 Å². The zero-order valence-electron chi connectivity index (χ0n) is 10.4. The number of carbonyl (C=O) groups is 1. The second-order valence-electron chi connectivity index (χ2n) is 4.13. The van der Waals surface area contributed by atoms with Crippen LogP contribution in [0.4, 0.5) is 5.82 Å². The molecule has 106 valence electrons. The van der Waals surface area contributed by atoms with Crippen molar-refractivity contribution >= 4 is 46.7 Å². The SMILES string of the molecule is N#Cc1c(NC(=O)c2ccc(Cl)nc2Cl)nc2n1CCS2. The number of fused-ring (bicyclic) bond motifs is 1. The van der Waals surface area contributed by atoms with E-state index in [2.05, 4.69) is 21.4 Å². The van der Waals surface area contributed by atoms with Gasteiger partial charge in [0.2, 0.25) is 0 Å². The van der Waals surface area contributed by atoms with Crippen molar-refractivity contribution in [1.82, 2.24) is 14.5 Å². The van der Waals surface area contributed by atoms with Crippen LogP contribution in [0.5, 0.6) is 0 Å². The molecule has 1 amide bonds. The van der Waals surface area contributed by atoms with Gasteiger partial charge in [-0.2, -0.15) is 5.26 Å². The predicted molar refractivity (Wildman–Crippen MR) is 79.9 cm³/mol. The van der Waals surface area contributed by atoms with Gasteiger partial charge in [0.25, 0.3) is 5.91 Å². The van der Waals surface area contributed by atoms with E-state index in [0.29, 0.717) is 12.2 Å². The Morgan fingerprint density at radius 2 is 2.24 bits per heavy atom. The molecule has 1 N–H and O–H groups in total. The molecular weight excluding hydrogens is 333 g/mol. The molecule has 9 heteroatoms. The summed E-state index contributed by atoms with van der Waals surface area (Å²) in [6, 6.07) is 5.00. The first-order valence-electron chi connectivity index (χ1n) is 5.87. The third-order valence-corrected chi connectivity index (χ3v) is 4.33. The molecule has 0 aliphatic carbocycles. The van der Waals surface area contributed by atoms with Gasteiger partial charge in [0.1, 0.15) is 16.4 Å². The maximum Gasteiger partial charge on any atom is 0.260 e. The van der Waals surface area contributed by atoms with Crippen molar-refractivity contribution < 1.29 is 4.79 Å². The lowest BCUT2D eigenvalue weighted by Crippen LogP contribution is -2.14. The first-order valence-corrected chi connectivity index (χ1v) is 7.61. The Morgan fingerprint density at radius 3 is 2.95 bits per heavy atom. The number of rotatable bonds is 2. The summed E-state index contributed by atoms with van der Waals surface area (Å²) < 4.78 is 1.78. The van der Waals surface area contributed by atoms with Gasteiger partial charge in [-0.1, -0.05) is 35.0 Å². The highest BCUT2D eigenvalue weighted by Crippen LogP contribution is 2.30. The normalized spacial score (nSPS) is 12.8. The van der Waals surface area contributed by atoms with Crippen molar-refractivity contribution in [3.8, 4) is 6.07 Å². The van der Waals surface area contributed by atoms with Gasteiger partial charge >= 0.3 is 0 Å². The Morgan fingerprint density at radius 1 is 1.43 bits per heavy atom. The van der Waals surface area contributed by atoms with Crippen molar-refractivity contribution in [2.75, 3.05) is 11.1 Å². The Balaban J connectivity index is 1.91. The number of halogens is 2. The molecule has 2 aromatic rings. The number of nitrogens with one attached hydrogen (secondary N) is 1. The molecule has 0 bridgehead atoms. The van der Waals surface area contributed by atoms with Crippen LogP contribution in [0.25, 0.3) is 0 Å². The molecule has 0 fully saturated rings.